The summed E-state index contributed by atoms with van der Waals surface area (Å²) >= 11 is 0. The van der Waals surface area contributed by atoms with Crippen LogP contribution in [0.1, 0.15) is 56.2 Å². The summed E-state index contributed by atoms with van der Waals surface area (Å²) in [5.74, 6) is 1.23. The lowest BCUT2D eigenvalue weighted by atomic mass is 9.68. The maximum absolute atomic E-state index is 14.0. The van der Waals surface area contributed by atoms with E-state index in [0.717, 1.165) is 56.4 Å². The van der Waals surface area contributed by atoms with Crippen molar-refractivity contribution in [1.82, 2.24) is 15.1 Å². The fraction of sp³-hybridized carbons (Fsp3) is 0.583. The lowest BCUT2D eigenvalue weighted by Gasteiger charge is -2.43. The topological polar surface area (TPSA) is 92.4 Å². The third kappa shape index (κ3) is 4.56. The number of sulfone groups is 1. The molecule has 4 rings (SSSR count). The van der Waals surface area contributed by atoms with E-state index in [1.807, 2.05) is 29.2 Å². The summed E-state index contributed by atoms with van der Waals surface area (Å²) in [5.41, 5.74) is 1.26. The Labute approximate surface area is 190 Å². The lowest BCUT2D eigenvalue weighted by molar-refractivity contribution is -0.140. The molecule has 174 valence electrons. The molecule has 32 heavy (non-hydrogen) atoms. The molecular weight excluding hydrogens is 426 g/mol. The number of hydrogen-bond donors (Lipinski definition) is 1. The number of rotatable bonds is 6. The first kappa shape index (κ1) is 22.8. The molecule has 1 aromatic heterocycles. The maximum Gasteiger partial charge on any atom is 0.233 e. The molecule has 1 saturated carbocycles. The van der Waals surface area contributed by atoms with E-state index in [-0.39, 0.29) is 16.7 Å². The van der Waals surface area contributed by atoms with Gasteiger partial charge in [-0.2, -0.15) is 5.10 Å². The summed E-state index contributed by atoms with van der Waals surface area (Å²) < 4.78 is 29.4. The Balaban J connectivity index is 1.54. The number of piperidine rings is 1. The molecule has 1 amide bonds. The molecule has 1 unspecified atom stereocenters. The molecular formula is C24H33N3O4S. The van der Waals surface area contributed by atoms with Crippen LogP contribution < -0.4 is 4.74 Å². The van der Waals surface area contributed by atoms with E-state index in [4.69, 9.17) is 4.74 Å². The zero-order valence-corrected chi connectivity index (χ0v) is 19.8. The van der Waals surface area contributed by atoms with Crippen molar-refractivity contribution in [3.8, 4) is 5.75 Å². The summed E-state index contributed by atoms with van der Waals surface area (Å²) in [5, 5.41) is 6.82. The Kier molecular flexibility index (Phi) is 6.60. The number of nitrogens with one attached hydrogen (secondary N) is 1. The molecule has 2 aliphatic rings. The Morgan fingerprint density at radius 1 is 1.19 bits per heavy atom. The van der Waals surface area contributed by atoms with Crippen molar-refractivity contribution in [2.75, 3.05) is 26.5 Å². The van der Waals surface area contributed by atoms with E-state index in [9.17, 15) is 13.2 Å². The second-order valence-corrected chi connectivity index (χ2v) is 11.3. The van der Waals surface area contributed by atoms with Crippen LogP contribution >= 0.6 is 0 Å². The number of nitrogens with zero attached hydrogens (tertiary/aromatic N) is 2. The third-order valence-corrected chi connectivity index (χ3v) is 8.29. The van der Waals surface area contributed by atoms with Crippen molar-refractivity contribution < 1.29 is 17.9 Å². The van der Waals surface area contributed by atoms with Crippen molar-refractivity contribution in [2.24, 2.45) is 5.92 Å². The highest BCUT2D eigenvalue weighted by Gasteiger charge is 2.44. The van der Waals surface area contributed by atoms with Crippen molar-refractivity contribution in [1.29, 1.82) is 0 Å². The van der Waals surface area contributed by atoms with Gasteiger partial charge in [-0.25, -0.2) is 8.42 Å². The van der Waals surface area contributed by atoms with Gasteiger partial charge in [0.25, 0.3) is 0 Å². The van der Waals surface area contributed by atoms with Crippen LogP contribution in [0, 0.1) is 5.92 Å². The largest absolute Gasteiger partial charge is 0.497 e. The SMILES string of the molecule is COc1ccc(C2(C(=O)N3CCCC(Cc4[nH]ncc4S(C)(=O)=O)C3)CCCCC2)cc1. The Morgan fingerprint density at radius 3 is 2.56 bits per heavy atom. The maximum atomic E-state index is 14.0. The van der Waals surface area contributed by atoms with Crippen LogP contribution in [-0.2, 0) is 26.5 Å². The molecule has 0 spiro atoms. The minimum atomic E-state index is -3.32. The second-order valence-electron chi connectivity index (χ2n) is 9.32. The predicted molar refractivity (Wildman–Crippen MR) is 122 cm³/mol. The zero-order chi connectivity index (χ0) is 22.8. The lowest BCUT2D eigenvalue weighted by Crippen LogP contribution is -2.51. The Morgan fingerprint density at radius 2 is 1.91 bits per heavy atom. The van der Waals surface area contributed by atoms with Gasteiger partial charge in [-0.3, -0.25) is 9.89 Å². The van der Waals surface area contributed by atoms with Gasteiger partial charge in [0.2, 0.25) is 5.91 Å². The molecule has 0 radical (unpaired) electrons. The molecule has 2 heterocycles. The standard InChI is InChI=1S/C24H33N3O4S/c1-31-20-10-8-19(9-11-20)24(12-4-3-5-13-24)23(28)27-14-6-7-18(17-27)15-21-22(16-25-26-21)32(2,29)30/h8-11,16,18H,3-7,12-15,17H2,1-2H3,(H,25,26). The Bertz CT molecular complexity index is 1040. The fourth-order valence-corrected chi connectivity index (χ4v) is 6.29. The first-order valence-corrected chi connectivity index (χ1v) is 13.4. The number of carbonyl (C=O) groups excluding carboxylic acids is 1. The number of ether oxygens (including phenoxy) is 1. The minimum Gasteiger partial charge on any atom is -0.497 e. The van der Waals surface area contributed by atoms with Gasteiger partial charge < -0.3 is 9.64 Å². The number of carbonyl (C=O) groups is 1. The normalized spacial score (nSPS) is 21.3. The summed E-state index contributed by atoms with van der Waals surface area (Å²) in [6.07, 6.45) is 10.1. The summed E-state index contributed by atoms with van der Waals surface area (Å²) in [6, 6.07) is 7.99. The van der Waals surface area contributed by atoms with Crippen molar-refractivity contribution in [3.05, 3.63) is 41.7 Å². The van der Waals surface area contributed by atoms with Crippen LogP contribution in [-0.4, -0.2) is 55.9 Å². The molecule has 1 aliphatic heterocycles. The summed E-state index contributed by atoms with van der Waals surface area (Å²) in [6.45, 7) is 1.41. The van der Waals surface area contributed by atoms with Crippen LogP contribution in [0.15, 0.2) is 35.4 Å². The number of hydrogen-bond acceptors (Lipinski definition) is 5. The summed E-state index contributed by atoms with van der Waals surface area (Å²) in [4.78, 5) is 16.3. The zero-order valence-electron chi connectivity index (χ0n) is 19.0. The molecule has 1 atom stereocenters. The smallest absolute Gasteiger partial charge is 0.233 e. The van der Waals surface area contributed by atoms with Crippen LogP contribution in [0.2, 0.25) is 0 Å². The minimum absolute atomic E-state index is 0.213. The van der Waals surface area contributed by atoms with Gasteiger partial charge in [0.15, 0.2) is 9.84 Å². The van der Waals surface area contributed by atoms with Gasteiger partial charge in [-0.15, -0.1) is 0 Å². The van der Waals surface area contributed by atoms with Crippen molar-refractivity contribution in [3.63, 3.8) is 0 Å². The van der Waals surface area contributed by atoms with Crippen molar-refractivity contribution >= 4 is 15.7 Å². The number of benzene rings is 1. The van der Waals surface area contributed by atoms with Gasteiger partial charge in [0.1, 0.15) is 10.6 Å². The Hall–Kier alpha value is -2.35. The van der Waals surface area contributed by atoms with E-state index in [0.29, 0.717) is 18.7 Å². The predicted octanol–water partition coefficient (Wildman–Crippen LogP) is 3.51. The molecule has 1 N–H and O–H groups in total. The molecule has 1 saturated heterocycles. The molecule has 7 nitrogen and oxygen atoms in total. The first-order valence-electron chi connectivity index (χ1n) is 11.5. The quantitative estimate of drug-likeness (QED) is 0.714. The number of aromatic amines is 1. The van der Waals surface area contributed by atoms with E-state index in [1.54, 1.807) is 7.11 Å². The van der Waals surface area contributed by atoms with E-state index in [1.165, 1.54) is 18.9 Å². The van der Waals surface area contributed by atoms with Crippen molar-refractivity contribution in [2.45, 2.75) is 61.7 Å². The van der Waals surface area contributed by atoms with E-state index in [2.05, 4.69) is 10.2 Å². The van der Waals surface area contributed by atoms with Crippen LogP contribution in [0.5, 0.6) is 5.75 Å². The number of aromatic nitrogens is 2. The fourth-order valence-electron chi connectivity index (χ4n) is 5.47. The van der Waals surface area contributed by atoms with Gasteiger partial charge in [-0.05, 0) is 55.7 Å². The van der Waals surface area contributed by atoms with Gasteiger partial charge in [0, 0.05) is 19.3 Å². The molecule has 1 aliphatic carbocycles. The average Bonchev–Trinajstić information content (AvgIpc) is 3.28. The molecule has 1 aromatic carbocycles. The monoisotopic (exact) mass is 459 g/mol. The number of amides is 1. The number of methoxy groups -OCH3 is 1. The highest BCUT2D eigenvalue weighted by molar-refractivity contribution is 7.90. The molecule has 8 heteroatoms. The van der Waals surface area contributed by atoms with E-state index < -0.39 is 15.3 Å². The molecule has 0 bridgehead atoms. The van der Waals surface area contributed by atoms with Crippen LogP contribution in [0.3, 0.4) is 0 Å². The third-order valence-electron chi connectivity index (χ3n) is 7.14. The molecule has 2 aromatic rings. The average molecular weight is 460 g/mol. The van der Waals surface area contributed by atoms with E-state index >= 15 is 0 Å². The van der Waals surface area contributed by atoms with Gasteiger partial charge >= 0.3 is 0 Å². The second kappa shape index (κ2) is 9.25. The van der Waals surface area contributed by atoms with Gasteiger partial charge in [0.05, 0.1) is 24.4 Å². The van der Waals surface area contributed by atoms with Crippen LogP contribution in [0.4, 0.5) is 0 Å². The number of likely N-dealkylation sites (tertiary alicyclic amines) is 1. The molecule has 2 fully saturated rings. The highest BCUT2D eigenvalue weighted by atomic mass is 32.2. The van der Waals surface area contributed by atoms with Crippen LogP contribution in [0.25, 0.3) is 0 Å². The van der Waals surface area contributed by atoms with Gasteiger partial charge in [-0.1, -0.05) is 31.4 Å². The highest BCUT2D eigenvalue weighted by Crippen LogP contribution is 2.42. The number of H-pyrrole nitrogens is 1. The summed E-state index contributed by atoms with van der Waals surface area (Å²) in [7, 11) is -1.67. The first-order chi connectivity index (χ1) is 15.3.